The summed E-state index contributed by atoms with van der Waals surface area (Å²) in [6, 6.07) is 8.52. The lowest BCUT2D eigenvalue weighted by molar-refractivity contribution is -0.136. The van der Waals surface area contributed by atoms with Crippen LogP contribution in [0.25, 0.3) is 0 Å². The number of hydrogen-bond acceptors (Lipinski definition) is 4. The van der Waals surface area contributed by atoms with E-state index in [2.05, 4.69) is 20.8 Å². The molecule has 22 heavy (non-hydrogen) atoms. The van der Waals surface area contributed by atoms with Crippen molar-refractivity contribution in [3.63, 3.8) is 0 Å². The van der Waals surface area contributed by atoms with E-state index in [-0.39, 0.29) is 0 Å². The Labute approximate surface area is 126 Å². The molecule has 7 heteroatoms. The summed E-state index contributed by atoms with van der Waals surface area (Å²) in [6.45, 7) is 1.69. The Kier molecular flexibility index (Phi) is 4.92. The van der Waals surface area contributed by atoms with Gasteiger partial charge in [0, 0.05) is 23.6 Å². The molecule has 0 unspecified atom stereocenters. The largest absolute Gasteiger partial charge is 0.329 e. The molecule has 2 N–H and O–H groups in total. The predicted molar refractivity (Wildman–Crippen MR) is 79.6 cm³/mol. The van der Waals surface area contributed by atoms with Gasteiger partial charge in [0.05, 0.1) is 5.71 Å². The number of benzene rings is 1. The predicted octanol–water partition coefficient (Wildman–Crippen LogP) is 1.70. The zero-order valence-corrected chi connectivity index (χ0v) is 11.7. The number of anilines is 1. The van der Waals surface area contributed by atoms with Gasteiger partial charge in [-0.3, -0.25) is 14.6 Å². The summed E-state index contributed by atoms with van der Waals surface area (Å²) >= 11 is 0. The lowest BCUT2D eigenvalue weighted by atomic mass is 10.2. The molecule has 6 nitrogen and oxygen atoms in total. The summed E-state index contributed by atoms with van der Waals surface area (Å²) in [7, 11) is 0. The van der Waals surface area contributed by atoms with Gasteiger partial charge in [0.15, 0.2) is 0 Å². The van der Waals surface area contributed by atoms with E-state index < -0.39 is 17.6 Å². The van der Waals surface area contributed by atoms with E-state index in [1.54, 1.807) is 31.5 Å². The first kappa shape index (κ1) is 15.3. The summed E-state index contributed by atoms with van der Waals surface area (Å²) in [5.41, 5.74) is 3.78. The van der Waals surface area contributed by atoms with E-state index in [4.69, 9.17) is 0 Å². The molecule has 0 aliphatic carbocycles. The second-order valence-electron chi connectivity index (χ2n) is 4.34. The minimum atomic E-state index is -0.919. The van der Waals surface area contributed by atoms with E-state index in [9.17, 15) is 14.0 Å². The number of nitrogens with zero attached hydrogens (tertiary/aromatic N) is 2. The van der Waals surface area contributed by atoms with Gasteiger partial charge in [0.1, 0.15) is 5.82 Å². The van der Waals surface area contributed by atoms with E-state index >= 15 is 0 Å². The minimum Gasteiger partial charge on any atom is -0.318 e. The van der Waals surface area contributed by atoms with Crippen molar-refractivity contribution in [3.8, 4) is 0 Å². The highest BCUT2D eigenvalue weighted by atomic mass is 19.1. The molecule has 112 valence electrons. The average molecular weight is 300 g/mol. The Morgan fingerprint density at radius 1 is 1.05 bits per heavy atom. The van der Waals surface area contributed by atoms with Crippen molar-refractivity contribution < 1.29 is 14.0 Å². The molecule has 0 aliphatic heterocycles. The molecule has 1 aromatic heterocycles. The van der Waals surface area contributed by atoms with Gasteiger partial charge in [-0.2, -0.15) is 5.10 Å². The van der Waals surface area contributed by atoms with E-state index in [1.807, 2.05) is 0 Å². The van der Waals surface area contributed by atoms with Gasteiger partial charge >= 0.3 is 11.8 Å². The van der Waals surface area contributed by atoms with Gasteiger partial charge in [-0.15, -0.1) is 0 Å². The molecular weight excluding hydrogens is 287 g/mol. The smallest absolute Gasteiger partial charge is 0.318 e. The first-order valence-electron chi connectivity index (χ1n) is 6.38. The maximum atomic E-state index is 12.7. The zero-order valence-electron chi connectivity index (χ0n) is 11.7. The SMILES string of the molecule is C/C(=N/NC(=O)C(=O)Nc1ccc(F)cc1)c1ccncc1. The number of carbonyl (C=O) groups excluding carboxylic acids is 2. The van der Waals surface area contributed by atoms with E-state index in [0.717, 1.165) is 5.56 Å². The van der Waals surface area contributed by atoms with Crippen LogP contribution in [0, 0.1) is 5.82 Å². The van der Waals surface area contributed by atoms with Gasteiger partial charge < -0.3 is 5.32 Å². The van der Waals surface area contributed by atoms with Crippen LogP contribution in [0.4, 0.5) is 10.1 Å². The third kappa shape index (κ3) is 4.20. The molecule has 0 radical (unpaired) electrons. The van der Waals surface area contributed by atoms with Gasteiger partial charge in [-0.25, -0.2) is 9.82 Å². The third-order valence-corrected chi connectivity index (χ3v) is 2.73. The maximum absolute atomic E-state index is 12.7. The molecule has 2 aromatic rings. The van der Waals surface area contributed by atoms with Crippen LogP contribution in [-0.2, 0) is 9.59 Å². The monoisotopic (exact) mass is 300 g/mol. The van der Waals surface area contributed by atoms with Crippen LogP contribution >= 0.6 is 0 Å². The van der Waals surface area contributed by atoms with Crippen LogP contribution in [0.1, 0.15) is 12.5 Å². The van der Waals surface area contributed by atoms with E-state index in [0.29, 0.717) is 11.4 Å². The second kappa shape index (κ2) is 7.07. The zero-order chi connectivity index (χ0) is 15.9. The fourth-order valence-corrected chi connectivity index (χ4v) is 1.56. The fourth-order valence-electron chi connectivity index (χ4n) is 1.56. The average Bonchev–Trinajstić information content (AvgIpc) is 2.55. The number of rotatable bonds is 3. The quantitative estimate of drug-likeness (QED) is 0.514. The Morgan fingerprint density at radius 2 is 1.68 bits per heavy atom. The Morgan fingerprint density at radius 3 is 2.32 bits per heavy atom. The molecule has 2 amide bonds. The van der Waals surface area contributed by atoms with Crippen LogP contribution < -0.4 is 10.7 Å². The molecular formula is C15H13FN4O2. The fraction of sp³-hybridized carbons (Fsp3) is 0.0667. The molecule has 0 spiro atoms. The van der Waals surface area contributed by atoms with Gasteiger partial charge in [0.25, 0.3) is 0 Å². The Balaban J connectivity index is 1.94. The molecule has 0 fully saturated rings. The minimum absolute atomic E-state index is 0.316. The number of carbonyl (C=O) groups is 2. The Hall–Kier alpha value is -3.09. The van der Waals surface area contributed by atoms with Crippen LogP contribution in [0.5, 0.6) is 0 Å². The second-order valence-corrected chi connectivity index (χ2v) is 4.34. The maximum Gasteiger partial charge on any atom is 0.329 e. The summed E-state index contributed by atoms with van der Waals surface area (Å²) in [4.78, 5) is 27.2. The van der Waals surface area contributed by atoms with E-state index in [1.165, 1.54) is 24.3 Å². The van der Waals surface area contributed by atoms with Gasteiger partial charge in [-0.1, -0.05) is 0 Å². The van der Waals surface area contributed by atoms with Crippen molar-refractivity contribution in [2.45, 2.75) is 6.92 Å². The number of halogens is 1. The molecule has 0 bridgehead atoms. The highest BCUT2D eigenvalue weighted by Crippen LogP contribution is 2.07. The van der Waals surface area contributed by atoms with Crippen molar-refractivity contribution in [2.75, 3.05) is 5.32 Å². The van der Waals surface area contributed by atoms with Gasteiger partial charge in [-0.05, 0) is 43.3 Å². The van der Waals surface area contributed by atoms with Crippen LogP contribution in [0.3, 0.4) is 0 Å². The lowest BCUT2D eigenvalue weighted by Crippen LogP contribution is -2.32. The van der Waals surface area contributed by atoms with Crippen LogP contribution in [0.15, 0.2) is 53.9 Å². The molecule has 2 rings (SSSR count). The third-order valence-electron chi connectivity index (χ3n) is 2.73. The summed E-state index contributed by atoms with van der Waals surface area (Å²) in [5.74, 6) is -2.24. The number of amides is 2. The first-order valence-corrected chi connectivity index (χ1v) is 6.38. The molecule has 1 heterocycles. The number of hydrazone groups is 1. The summed E-state index contributed by atoms with van der Waals surface area (Å²) in [5, 5.41) is 6.18. The summed E-state index contributed by atoms with van der Waals surface area (Å²) < 4.78 is 12.7. The standard InChI is InChI=1S/C15H13FN4O2/c1-10(11-6-8-17-9-7-11)19-20-15(22)14(21)18-13-4-2-12(16)3-5-13/h2-9H,1H3,(H,18,21)(H,20,22)/b19-10-. The number of nitrogens with one attached hydrogen (secondary N) is 2. The van der Waals surface area contributed by atoms with Gasteiger partial charge in [0.2, 0.25) is 0 Å². The van der Waals surface area contributed by atoms with Crippen molar-refractivity contribution in [1.82, 2.24) is 10.4 Å². The normalized spacial score (nSPS) is 10.9. The number of hydrogen-bond donors (Lipinski definition) is 2. The summed E-state index contributed by atoms with van der Waals surface area (Å²) in [6.07, 6.45) is 3.19. The van der Waals surface area contributed by atoms with Crippen molar-refractivity contribution in [1.29, 1.82) is 0 Å². The van der Waals surface area contributed by atoms with Crippen molar-refractivity contribution >= 4 is 23.2 Å². The van der Waals surface area contributed by atoms with Crippen LogP contribution in [0.2, 0.25) is 0 Å². The Bertz CT molecular complexity index is 699. The molecule has 0 saturated carbocycles. The highest BCUT2D eigenvalue weighted by molar-refractivity contribution is 6.39. The van der Waals surface area contributed by atoms with Crippen molar-refractivity contribution in [3.05, 3.63) is 60.2 Å². The number of aromatic nitrogens is 1. The molecule has 0 aliphatic rings. The van der Waals surface area contributed by atoms with Crippen LogP contribution in [-0.4, -0.2) is 22.5 Å². The molecule has 1 aromatic carbocycles. The number of pyridine rings is 1. The lowest BCUT2D eigenvalue weighted by Gasteiger charge is -2.04. The molecule has 0 atom stereocenters. The molecule has 0 saturated heterocycles. The highest BCUT2D eigenvalue weighted by Gasteiger charge is 2.13. The topological polar surface area (TPSA) is 83.5 Å². The first-order chi connectivity index (χ1) is 10.6. The van der Waals surface area contributed by atoms with Crippen molar-refractivity contribution in [2.24, 2.45) is 5.10 Å².